The summed E-state index contributed by atoms with van der Waals surface area (Å²) in [5.41, 5.74) is 1.03. The van der Waals surface area contributed by atoms with E-state index in [2.05, 4.69) is 0 Å². The number of thiocarbonyl (C=S) groups is 1. The molecule has 0 unspecified atom stereocenters. The van der Waals surface area contributed by atoms with Crippen molar-refractivity contribution in [2.75, 3.05) is 0 Å². The van der Waals surface area contributed by atoms with E-state index in [1.54, 1.807) is 12.1 Å². The van der Waals surface area contributed by atoms with Crippen LogP contribution in [0.1, 0.15) is 11.1 Å². The van der Waals surface area contributed by atoms with Crippen molar-refractivity contribution in [3.63, 3.8) is 0 Å². The zero-order valence-electron chi connectivity index (χ0n) is 5.84. The van der Waals surface area contributed by atoms with Crippen molar-refractivity contribution in [3.8, 4) is 6.07 Å². The molecule has 0 spiro atoms. The van der Waals surface area contributed by atoms with Crippen molar-refractivity contribution < 1.29 is 0 Å². The van der Waals surface area contributed by atoms with Crippen molar-refractivity contribution in [2.24, 2.45) is 0 Å². The summed E-state index contributed by atoms with van der Waals surface area (Å²) in [5, 5.41) is 10.7. The van der Waals surface area contributed by atoms with E-state index in [1.165, 1.54) is 5.37 Å². The molecule has 1 aromatic carbocycles. The van der Waals surface area contributed by atoms with Gasteiger partial charge in [-0.05, 0) is 17.7 Å². The summed E-state index contributed by atoms with van der Waals surface area (Å²) in [7, 11) is 0. The van der Waals surface area contributed by atoms with Gasteiger partial charge in [-0.15, -0.1) is 0 Å². The molecule has 0 aromatic heterocycles. The van der Waals surface area contributed by atoms with Gasteiger partial charge in [-0.1, -0.05) is 35.4 Å². The van der Waals surface area contributed by atoms with Crippen molar-refractivity contribution in [3.05, 3.63) is 33.3 Å². The molecule has 60 valence electrons. The van der Waals surface area contributed by atoms with E-state index in [9.17, 15) is 0 Å². The molecule has 0 aliphatic heterocycles. The van der Waals surface area contributed by atoms with Gasteiger partial charge in [0.1, 0.15) is 6.07 Å². The Morgan fingerprint density at radius 2 is 1.83 bits per heavy atom. The van der Waals surface area contributed by atoms with E-state index in [0.717, 1.165) is 5.56 Å². The summed E-state index contributed by atoms with van der Waals surface area (Å²) in [6.45, 7) is 0. The normalized spacial score (nSPS) is 9.08. The molecule has 0 amide bonds. The number of rotatable bonds is 1. The SMILES string of the molecule is N#Cc1c(Cl)cc(C=S)cc1Cl. The molecular weight excluding hydrogens is 213 g/mol. The van der Waals surface area contributed by atoms with Crippen LogP contribution < -0.4 is 0 Å². The van der Waals surface area contributed by atoms with Crippen LogP contribution in [0.25, 0.3) is 0 Å². The molecule has 0 aliphatic rings. The van der Waals surface area contributed by atoms with Gasteiger partial charge in [0.2, 0.25) is 0 Å². The molecule has 0 radical (unpaired) electrons. The Morgan fingerprint density at radius 1 is 1.33 bits per heavy atom. The molecule has 0 heterocycles. The molecule has 1 aromatic rings. The van der Waals surface area contributed by atoms with E-state index in [1.807, 2.05) is 6.07 Å². The van der Waals surface area contributed by atoms with Crippen LogP contribution in [0.2, 0.25) is 10.0 Å². The minimum Gasteiger partial charge on any atom is -0.192 e. The number of nitrogens with zero attached hydrogens (tertiary/aromatic N) is 1. The van der Waals surface area contributed by atoms with Gasteiger partial charge in [0, 0.05) is 5.37 Å². The maximum absolute atomic E-state index is 8.61. The average Bonchev–Trinajstić information content (AvgIpc) is 2.03. The number of halogens is 2. The maximum Gasteiger partial charge on any atom is 0.102 e. The summed E-state index contributed by atoms with van der Waals surface area (Å²) in [6.07, 6.45) is 0. The maximum atomic E-state index is 8.61. The minimum atomic E-state index is 0.291. The Kier molecular flexibility index (Phi) is 3.05. The fourth-order valence-electron chi connectivity index (χ4n) is 0.768. The van der Waals surface area contributed by atoms with E-state index >= 15 is 0 Å². The highest BCUT2D eigenvalue weighted by molar-refractivity contribution is 7.79. The van der Waals surface area contributed by atoms with Crippen molar-refractivity contribution in [1.29, 1.82) is 5.26 Å². The molecule has 0 saturated carbocycles. The number of hydrogen-bond acceptors (Lipinski definition) is 2. The third-order valence-electron chi connectivity index (χ3n) is 1.31. The Bertz CT molecular complexity index is 345. The van der Waals surface area contributed by atoms with Crippen LogP contribution >= 0.6 is 35.4 Å². The van der Waals surface area contributed by atoms with Gasteiger partial charge in [0.25, 0.3) is 0 Å². The van der Waals surface area contributed by atoms with Crippen LogP contribution in [0.3, 0.4) is 0 Å². The lowest BCUT2D eigenvalue weighted by Gasteiger charge is -1.99. The van der Waals surface area contributed by atoms with E-state index < -0.39 is 0 Å². The number of hydrogen-bond donors (Lipinski definition) is 0. The Hall–Kier alpha value is -0.620. The van der Waals surface area contributed by atoms with Crippen LogP contribution in [0.5, 0.6) is 0 Å². The monoisotopic (exact) mass is 215 g/mol. The van der Waals surface area contributed by atoms with E-state index in [4.69, 9.17) is 40.7 Å². The van der Waals surface area contributed by atoms with Crippen LogP contribution in [-0.4, -0.2) is 5.37 Å². The molecule has 0 fully saturated rings. The summed E-state index contributed by atoms with van der Waals surface area (Å²) in [4.78, 5) is 0. The quantitative estimate of drug-likeness (QED) is 0.673. The van der Waals surface area contributed by atoms with Crippen LogP contribution in [-0.2, 0) is 0 Å². The first kappa shape index (κ1) is 9.47. The number of benzene rings is 1. The zero-order chi connectivity index (χ0) is 9.14. The molecule has 1 rings (SSSR count). The summed E-state index contributed by atoms with van der Waals surface area (Å²) in [5.74, 6) is 0. The van der Waals surface area contributed by atoms with Gasteiger partial charge in [0.15, 0.2) is 0 Å². The van der Waals surface area contributed by atoms with E-state index in [-0.39, 0.29) is 0 Å². The first-order valence-corrected chi connectivity index (χ1v) is 4.26. The fraction of sp³-hybridized carbons (Fsp3) is 0. The average molecular weight is 216 g/mol. The third kappa shape index (κ3) is 1.75. The first-order valence-electron chi connectivity index (χ1n) is 3.03. The molecule has 0 atom stereocenters. The zero-order valence-corrected chi connectivity index (χ0v) is 8.17. The molecular formula is C8H3Cl2NS. The summed E-state index contributed by atoms with van der Waals surface area (Å²) >= 11 is 16.2. The molecule has 12 heavy (non-hydrogen) atoms. The van der Waals surface area contributed by atoms with Crippen LogP contribution in [0, 0.1) is 11.3 Å². The molecule has 4 heteroatoms. The topological polar surface area (TPSA) is 23.8 Å². The second-order valence-electron chi connectivity index (χ2n) is 2.09. The highest BCUT2D eigenvalue weighted by Gasteiger charge is 2.05. The van der Waals surface area contributed by atoms with E-state index in [0.29, 0.717) is 15.6 Å². The van der Waals surface area contributed by atoms with Gasteiger partial charge in [-0.2, -0.15) is 5.26 Å². The van der Waals surface area contributed by atoms with Gasteiger partial charge < -0.3 is 0 Å². The van der Waals surface area contributed by atoms with Crippen LogP contribution in [0.15, 0.2) is 12.1 Å². The van der Waals surface area contributed by atoms with Crippen LogP contribution in [0.4, 0.5) is 0 Å². The van der Waals surface area contributed by atoms with Gasteiger partial charge in [-0.25, -0.2) is 0 Å². The van der Waals surface area contributed by atoms with Gasteiger partial charge in [0.05, 0.1) is 15.6 Å². The predicted octanol–water partition coefficient (Wildman–Crippen LogP) is 3.21. The summed E-state index contributed by atoms with van der Waals surface area (Å²) < 4.78 is 0. The molecule has 0 bridgehead atoms. The Balaban J connectivity index is 3.39. The highest BCUT2D eigenvalue weighted by atomic mass is 35.5. The molecule has 0 saturated heterocycles. The third-order valence-corrected chi connectivity index (χ3v) is 2.18. The lowest BCUT2D eigenvalue weighted by atomic mass is 10.2. The van der Waals surface area contributed by atoms with Gasteiger partial charge >= 0.3 is 0 Å². The Labute approximate surface area is 85.5 Å². The predicted molar refractivity (Wildman–Crippen MR) is 53.9 cm³/mol. The number of nitriles is 1. The highest BCUT2D eigenvalue weighted by Crippen LogP contribution is 2.24. The second-order valence-corrected chi connectivity index (χ2v) is 3.14. The fourth-order valence-corrected chi connectivity index (χ4v) is 1.49. The second kappa shape index (κ2) is 3.86. The van der Waals surface area contributed by atoms with Crippen molar-refractivity contribution >= 4 is 40.8 Å². The smallest absolute Gasteiger partial charge is 0.102 e. The van der Waals surface area contributed by atoms with Gasteiger partial charge in [-0.3, -0.25) is 0 Å². The van der Waals surface area contributed by atoms with Crippen molar-refractivity contribution in [1.82, 2.24) is 0 Å². The Morgan fingerprint density at radius 3 is 2.17 bits per heavy atom. The molecule has 1 nitrogen and oxygen atoms in total. The standard InChI is InChI=1S/C8H3Cl2NS/c9-7-1-5(4-12)2-8(10)6(7)3-11/h1-2,4H. The molecule has 0 aliphatic carbocycles. The minimum absolute atomic E-state index is 0.291. The van der Waals surface area contributed by atoms with Crippen molar-refractivity contribution in [2.45, 2.75) is 0 Å². The summed E-state index contributed by atoms with van der Waals surface area (Å²) in [6, 6.07) is 5.12. The first-order chi connectivity index (χ1) is 5.69. The lowest BCUT2D eigenvalue weighted by molar-refractivity contribution is 1.48. The lowest BCUT2D eigenvalue weighted by Crippen LogP contribution is -1.84. The largest absolute Gasteiger partial charge is 0.192 e. The molecule has 0 N–H and O–H groups in total.